The van der Waals surface area contributed by atoms with Crippen LogP contribution in [0.4, 0.5) is 0 Å². The van der Waals surface area contributed by atoms with E-state index >= 15 is 0 Å². The fraction of sp³-hybridized carbons (Fsp3) is 0.350. The Morgan fingerprint density at radius 3 is 2.58 bits per heavy atom. The summed E-state index contributed by atoms with van der Waals surface area (Å²) in [5.41, 5.74) is 5.40. The Balaban J connectivity index is 0.000000368. The molecule has 2 heterocycles. The third-order valence-corrected chi connectivity index (χ3v) is 3.62. The molecular weight excluding hydrogens is 298 g/mol. The van der Waals surface area contributed by atoms with E-state index in [4.69, 9.17) is 4.74 Å². The number of pyridine rings is 1. The fourth-order valence-electron chi connectivity index (χ4n) is 2.43. The topological polar surface area (TPSA) is 46.8 Å². The molecule has 0 fully saturated rings. The monoisotopic (exact) mass is 323 g/mol. The van der Waals surface area contributed by atoms with Crippen molar-refractivity contribution in [3.05, 3.63) is 65.0 Å². The Hall–Kier alpha value is -2.33. The minimum Gasteiger partial charge on any atom is -0.385 e. The first-order valence-corrected chi connectivity index (χ1v) is 8.25. The van der Waals surface area contributed by atoms with Crippen molar-refractivity contribution in [1.82, 2.24) is 4.98 Å². The summed E-state index contributed by atoms with van der Waals surface area (Å²) in [5, 5.41) is 0. The molecule has 0 bridgehead atoms. The number of methoxy groups -OCH3 is 1. The molecule has 1 aromatic heterocycles. The highest BCUT2D eigenvalue weighted by molar-refractivity contribution is 6.17. The van der Waals surface area contributed by atoms with Crippen LogP contribution in [0, 0.1) is 13.8 Å². The third-order valence-electron chi connectivity index (χ3n) is 3.62. The summed E-state index contributed by atoms with van der Waals surface area (Å²) in [7, 11) is 1.71. The molecule has 24 heavy (non-hydrogen) atoms. The highest BCUT2D eigenvalue weighted by atomic mass is 16.5. The average molecular weight is 323 g/mol. The van der Waals surface area contributed by atoms with Gasteiger partial charge in [-0.05, 0) is 38.5 Å². The van der Waals surface area contributed by atoms with Crippen LogP contribution in [0.3, 0.4) is 0 Å². The summed E-state index contributed by atoms with van der Waals surface area (Å²) in [6.45, 7) is 7.69. The lowest BCUT2D eigenvalue weighted by molar-refractivity contribution is 0.199. The number of hydrogen-bond donors (Lipinski definition) is 0. The van der Waals surface area contributed by atoms with Crippen molar-refractivity contribution in [3.63, 3.8) is 0 Å². The van der Waals surface area contributed by atoms with Gasteiger partial charge in [-0.3, -0.25) is 9.98 Å². The molecule has 1 aliphatic heterocycles. The summed E-state index contributed by atoms with van der Waals surface area (Å²) < 4.78 is 4.69. The van der Waals surface area contributed by atoms with E-state index < -0.39 is 0 Å². The quantitative estimate of drug-likeness (QED) is 0.854. The van der Waals surface area contributed by atoms with Crippen molar-refractivity contribution in [2.24, 2.45) is 9.98 Å². The first kappa shape index (κ1) is 18.0. The summed E-state index contributed by atoms with van der Waals surface area (Å²) in [5.74, 6) is 0.821. The lowest BCUT2D eigenvalue weighted by Crippen LogP contribution is -2.05. The Morgan fingerprint density at radius 2 is 1.96 bits per heavy atom. The second-order valence-corrected chi connectivity index (χ2v) is 5.70. The molecule has 0 atom stereocenters. The molecular formula is C20H25N3O. The van der Waals surface area contributed by atoms with E-state index in [-0.39, 0.29) is 0 Å². The van der Waals surface area contributed by atoms with Gasteiger partial charge in [0.1, 0.15) is 0 Å². The van der Waals surface area contributed by atoms with E-state index in [0.717, 1.165) is 41.4 Å². The maximum absolute atomic E-state index is 4.69. The molecule has 4 nitrogen and oxygen atoms in total. The lowest BCUT2D eigenvalue weighted by Gasteiger charge is -2.02. The first-order chi connectivity index (χ1) is 11.7. The van der Waals surface area contributed by atoms with Crippen molar-refractivity contribution in [3.8, 4) is 0 Å². The maximum Gasteiger partial charge on any atom is 0.155 e. The minimum atomic E-state index is 0.635. The van der Waals surface area contributed by atoms with E-state index in [9.17, 15) is 0 Å². The van der Waals surface area contributed by atoms with Gasteiger partial charge >= 0.3 is 0 Å². The minimum absolute atomic E-state index is 0.635. The van der Waals surface area contributed by atoms with E-state index in [1.54, 1.807) is 13.3 Å². The molecule has 2 aromatic rings. The molecule has 1 aliphatic rings. The van der Waals surface area contributed by atoms with Gasteiger partial charge in [0.25, 0.3) is 0 Å². The first-order valence-electron chi connectivity index (χ1n) is 8.25. The number of ether oxygens (including phenoxy) is 1. The van der Waals surface area contributed by atoms with Crippen LogP contribution in [0.25, 0.3) is 0 Å². The van der Waals surface area contributed by atoms with Gasteiger partial charge in [-0.2, -0.15) is 0 Å². The third kappa shape index (κ3) is 4.83. The van der Waals surface area contributed by atoms with Crippen LogP contribution in [-0.4, -0.2) is 36.8 Å². The highest BCUT2D eigenvalue weighted by Gasteiger charge is 2.15. The molecule has 0 saturated carbocycles. The number of rotatable bonds is 4. The molecule has 0 aliphatic carbocycles. The Morgan fingerprint density at radius 1 is 1.12 bits per heavy atom. The van der Waals surface area contributed by atoms with Gasteiger partial charge in [0, 0.05) is 36.7 Å². The van der Waals surface area contributed by atoms with Crippen LogP contribution < -0.4 is 0 Å². The molecule has 126 valence electrons. The normalized spacial score (nSPS) is 13.0. The van der Waals surface area contributed by atoms with Crippen LogP contribution in [0.2, 0.25) is 0 Å². The number of aromatic nitrogens is 1. The van der Waals surface area contributed by atoms with Gasteiger partial charge in [0.05, 0.1) is 12.3 Å². The number of aryl methyl sites for hydroxylation is 2. The van der Waals surface area contributed by atoms with E-state index in [2.05, 4.69) is 47.0 Å². The predicted molar refractivity (Wildman–Crippen MR) is 100 cm³/mol. The van der Waals surface area contributed by atoms with Crippen molar-refractivity contribution in [2.75, 3.05) is 20.3 Å². The zero-order chi connectivity index (χ0) is 17.4. The van der Waals surface area contributed by atoms with Crippen LogP contribution in [0.15, 0.2) is 52.6 Å². The zero-order valence-electron chi connectivity index (χ0n) is 14.9. The van der Waals surface area contributed by atoms with E-state index in [1.165, 1.54) is 5.56 Å². The van der Waals surface area contributed by atoms with Gasteiger partial charge in [-0.1, -0.05) is 30.7 Å². The number of amidine groups is 1. The second kappa shape index (κ2) is 9.08. The van der Waals surface area contributed by atoms with Crippen molar-refractivity contribution in [2.45, 2.75) is 27.2 Å². The summed E-state index contributed by atoms with van der Waals surface area (Å²) in [6, 6.07) is 12.3. The average Bonchev–Trinajstić information content (AvgIpc) is 3.06. The molecule has 0 radical (unpaired) electrons. The van der Waals surface area contributed by atoms with Gasteiger partial charge in [0.15, 0.2) is 5.84 Å². The van der Waals surface area contributed by atoms with Crippen molar-refractivity contribution < 1.29 is 4.74 Å². The lowest BCUT2D eigenvalue weighted by atomic mass is 10.1. The van der Waals surface area contributed by atoms with Gasteiger partial charge in [0.2, 0.25) is 0 Å². The molecule has 0 unspecified atom stereocenters. The second-order valence-electron chi connectivity index (χ2n) is 5.70. The fourth-order valence-corrected chi connectivity index (χ4v) is 2.43. The van der Waals surface area contributed by atoms with E-state index in [0.29, 0.717) is 6.54 Å². The Kier molecular flexibility index (Phi) is 6.82. The van der Waals surface area contributed by atoms with Crippen molar-refractivity contribution in [1.29, 1.82) is 0 Å². The van der Waals surface area contributed by atoms with Crippen LogP contribution >= 0.6 is 0 Å². The van der Waals surface area contributed by atoms with Crippen LogP contribution in [-0.2, 0) is 4.74 Å². The summed E-state index contributed by atoms with van der Waals surface area (Å²) >= 11 is 0. The van der Waals surface area contributed by atoms with Crippen LogP contribution in [0.5, 0.6) is 0 Å². The summed E-state index contributed by atoms with van der Waals surface area (Å²) in [6.07, 6.45) is 2.92. The Bertz CT molecular complexity index is 733. The molecule has 3 rings (SSSR count). The SMILES string of the molecule is CCCOC.Cc1cccc(C2=NCC(c3cccnc3C)=N2)c1. The number of hydrogen-bond acceptors (Lipinski definition) is 4. The maximum atomic E-state index is 4.69. The standard InChI is InChI=1S/C16H15N3.C4H10O/c1-11-5-3-6-13(9-11)16-18-10-15(19-16)14-7-4-8-17-12(14)2;1-3-4-5-2/h3-9H,10H2,1-2H3;3-4H2,1-2H3. The van der Waals surface area contributed by atoms with E-state index in [1.807, 2.05) is 25.1 Å². The molecule has 4 heteroatoms. The number of aliphatic imine (C=N–C) groups is 2. The smallest absolute Gasteiger partial charge is 0.155 e. The molecule has 1 aromatic carbocycles. The molecule has 0 spiro atoms. The molecule has 0 saturated heterocycles. The number of benzene rings is 1. The van der Waals surface area contributed by atoms with Crippen molar-refractivity contribution >= 4 is 11.5 Å². The van der Waals surface area contributed by atoms with Crippen LogP contribution in [0.1, 0.15) is 35.7 Å². The predicted octanol–water partition coefficient (Wildman–Crippen LogP) is 3.99. The molecule has 0 N–H and O–H groups in total. The summed E-state index contributed by atoms with van der Waals surface area (Å²) in [4.78, 5) is 13.5. The van der Waals surface area contributed by atoms with Gasteiger partial charge < -0.3 is 4.74 Å². The largest absolute Gasteiger partial charge is 0.385 e. The zero-order valence-corrected chi connectivity index (χ0v) is 14.9. The molecule has 0 amide bonds. The highest BCUT2D eigenvalue weighted by Crippen LogP contribution is 2.15. The number of nitrogens with zero attached hydrogens (tertiary/aromatic N) is 3. The van der Waals surface area contributed by atoms with Gasteiger partial charge in [-0.25, -0.2) is 4.99 Å². The van der Waals surface area contributed by atoms with Gasteiger partial charge in [-0.15, -0.1) is 0 Å². The Labute approximate surface area is 144 Å².